The van der Waals surface area contributed by atoms with E-state index in [1.807, 2.05) is 13.8 Å². The Hall–Kier alpha value is -2.11. The van der Waals surface area contributed by atoms with Gasteiger partial charge in [0.1, 0.15) is 11.9 Å². The van der Waals surface area contributed by atoms with Gasteiger partial charge in [-0.25, -0.2) is 14.0 Å². The smallest absolute Gasteiger partial charge is 0.411 e. The summed E-state index contributed by atoms with van der Waals surface area (Å²) in [5.74, 6) is -0.957. The van der Waals surface area contributed by atoms with Crippen LogP contribution in [-0.4, -0.2) is 36.2 Å². The van der Waals surface area contributed by atoms with Crippen LogP contribution < -0.4 is 0 Å². The SMILES string of the molecule is COC(=O)[C@H]1[C@H](C(C)C)OC(=O)N1Cc1cccc(F)c1. The molecule has 1 fully saturated rings. The second kappa shape index (κ2) is 6.11. The molecule has 1 aliphatic heterocycles. The summed E-state index contributed by atoms with van der Waals surface area (Å²) >= 11 is 0. The van der Waals surface area contributed by atoms with Gasteiger partial charge >= 0.3 is 12.1 Å². The van der Waals surface area contributed by atoms with Crippen molar-refractivity contribution < 1.29 is 23.5 Å². The first-order valence-corrected chi connectivity index (χ1v) is 6.73. The minimum absolute atomic E-state index is 0.0319. The van der Waals surface area contributed by atoms with Gasteiger partial charge in [-0.05, 0) is 23.6 Å². The highest BCUT2D eigenvalue weighted by Gasteiger charge is 2.48. The molecule has 1 heterocycles. The van der Waals surface area contributed by atoms with Gasteiger partial charge in [0.25, 0.3) is 0 Å². The number of ether oxygens (including phenoxy) is 2. The number of hydrogen-bond acceptors (Lipinski definition) is 4. The van der Waals surface area contributed by atoms with Crippen molar-refractivity contribution in [3.63, 3.8) is 0 Å². The zero-order chi connectivity index (χ0) is 15.6. The normalized spacial score (nSPS) is 21.6. The number of nitrogens with zero attached hydrogens (tertiary/aromatic N) is 1. The lowest BCUT2D eigenvalue weighted by Crippen LogP contribution is -2.44. The Bertz CT molecular complexity index is 546. The van der Waals surface area contributed by atoms with Crippen molar-refractivity contribution in [2.75, 3.05) is 7.11 Å². The number of methoxy groups -OCH3 is 1. The average molecular weight is 295 g/mol. The highest BCUT2D eigenvalue weighted by molar-refractivity contribution is 5.85. The van der Waals surface area contributed by atoms with Crippen LogP contribution in [0.4, 0.5) is 9.18 Å². The molecule has 6 heteroatoms. The summed E-state index contributed by atoms with van der Waals surface area (Å²) in [6.07, 6.45) is -1.16. The molecular formula is C15H18FNO4. The summed E-state index contributed by atoms with van der Waals surface area (Å²) in [7, 11) is 1.27. The predicted molar refractivity (Wildman–Crippen MR) is 72.9 cm³/mol. The lowest BCUT2D eigenvalue weighted by Gasteiger charge is -2.24. The first-order chi connectivity index (χ1) is 9.93. The van der Waals surface area contributed by atoms with Crippen molar-refractivity contribution in [2.45, 2.75) is 32.5 Å². The van der Waals surface area contributed by atoms with Gasteiger partial charge in [-0.2, -0.15) is 0 Å². The Morgan fingerprint density at radius 1 is 1.48 bits per heavy atom. The van der Waals surface area contributed by atoms with E-state index in [0.717, 1.165) is 0 Å². The Kier molecular flexibility index (Phi) is 4.45. The van der Waals surface area contributed by atoms with Crippen LogP contribution in [0.25, 0.3) is 0 Å². The molecule has 114 valence electrons. The fourth-order valence-electron chi connectivity index (χ4n) is 2.42. The molecule has 0 spiro atoms. The number of carbonyl (C=O) groups is 2. The Morgan fingerprint density at radius 2 is 2.19 bits per heavy atom. The van der Waals surface area contributed by atoms with Crippen molar-refractivity contribution in [2.24, 2.45) is 5.92 Å². The number of amides is 1. The van der Waals surface area contributed by atoms with Crippen molar-refractivity contribution in [3.8, 4) is 0 Å². The topological polar surface area (TPSA) is 55.8 Å². The molecule has 0 N–H and O–H groups in total. The van der Waals surface area contributed by atoms with Gasteiger partial charge in [-0.1, -0.05) is 26.0 Å². The molecule has 1 aliphatic rings. The second-order valence-corrected chi connectivity index (χ2v) is 5.32. The summed E-state index contributed by atoms with van der Waals surface area (Å²) in [4.78, 5) is 25.3. The van der Waals surface area contributed by atoms with Crippen molar-refractivity contribution >= 4 is 12.1 Å². The van der Waals surface area contributed by atoms with E-state index >= 15 is 0 Å². The van der Waals surface area contributed by atoms with Gasteiger partial charge in [0.2, 0.25) is 0 Å². The number of halogens is 1. The van der Waals surface area contributed by atoms with Crippen LogP contribution >= 0.6 is 0 Å². The molecule has 1 aromatic rings. The Morgan fingerprint density at radius 3 is 2.76 bits per heavy atom. The lowest BCUT2D eigenvalue weighted by atomic mass is 9.99. The quantitative estimate of drug-likeness (QED) is 0.800. The van der Waals surface area contributed by atoms with Crippen molar-refractivity contribution in [1.82, 2.24) is 4.90 Å². The number of hydrogen-bond donors (Lipinski definition) is 0. The van der Waals surface area contributed by atoms with E-state index in [0.29, 0.717) is 5.56 Å². The second-order valence-electron chi connectivity index (χ2n) is 5.32. The maximum atomic E-state index is 13.2. The van der Waals surface area contributed by atoms with E-state index in [9.17, 15) is 14.0 Å². The fraction of sp³-hybridized carbons (Fsp3) is 0.467. The largest absolute Gasteiger partial charge is 0.467 e. The maximum Gasteiger partial charge on any atom is 0.411 e. The minimum Gasteiger partial charge on any atom is -0.467 e. The molecule has 0 aromatic heterocycles. The monoisotopic (exact) mass is 295 g/mol. The number of carbonyl (C=O) groups excluding carboxylic acids is 2. The van der Waals surface area contributed by atoms with Crippen LogP contribution in [-0.2, 0) is 20.8 Å². The highest BCUT2D eigenvalue weighted by atomic mass is 19.1. The molecule has 5 nitrogen and oxygen atoms in total. The van der Waals surface area contributed by atoms with Gasteiger partial charge in [0.15, 0.2) is 6.04 Å². The predicted octanol–water partition coefficient (Wildman–Crippen LogP) is 2.34. The third-order valence-electron chi connectivity index (χ3n) is 3.46. The molecule has 0 aliphatic carbocycles. The molecule has 1 aromatic carbocycles. The van der Waals surface area contributed by atoms with Crippen LogP contribution in [0.5, 0.6) is 0 Å². The van der Waals surface area contributed by atoms with E-state index in [4.69, 9.17) is 9.47 Å². The number of benzene rings is 1. The molecule has 0 saturated carbocycles. The molecule has 21 heavy (non-hydrogen) atoms. The molecule has 2 atom stereocenters. The number of rotatable bonds is 4. The van der Waals surface area contributed by atoms with Crippen LogP contribution in [0.3, 0.4) is 0 Å². The van der Waals surface area contributed by atoms with Crippen LogP contribution in [0.15, 0.2) is 24.3 Å². The minimum atomic E-state index is -0.814. The third-order valence-corrected chi connectivity index (χ3v) is 3.46. The summed E-state index contributed by atoms with van der Waals surface area (Å²) in [5.41, 5.74) is 0.588. The van der Waals surface area contributed by atoms with Gasteiger partial charge < -0.3 is 9.47 Å². The molecule has 0 unspecified atom stereocenters. The van der Waals surface area contributed by atoms with E-state index in [2.05, 4.69) is 0 Å². The standard InChI is InChI=1S/C15H18FNO4/c1-9(2)13-12(14(18)20-3)17(15(19)21-13)8-10-5-4-6-11(16)7-10/h4-7,9,12-13H,8H2,1-3H3/t12-,13+/m1/s1. The first-order valence-electron chi connectivity index (χ1n) is 6.73. The summed E-state index contributed by atoms with van der Waals surface area (Å²) in [5, 5.41) is 0. The average Bonchev–Trinajstić information content (AvgIpc) is 2.76. The number of esters is 1. The van der Waals surface area contributed by atoms with Gasteiger partial charge in [-0.3, -0.25) is 4.90 Å². The summed E-state index contributed by atoms with van der Waals surface area (Å²) < 4.78 is 23.3. The van der Waals surface area contributed by atoms with E-state index in [1.165, 1.54) is 24.1 Å². The molecule has 0 bridgehead atoms. The molecule has 1 saturated heterocycles. The Labute approximate surface area is 122 Å². The molecule has 0 radical (unpaired) electrons. The van der Waals surface area contributed by atoms with Crippen molar-refractivity contribution in [1.29, 1.82) is 0 Å². The van der Waals surface area contributed by atoms with E-state index in [1.54, 1.807) is 12.1 Å². The highest BCUT2D eigenvalue weighted by Crippen LogP contribution is 2.27. The third kappa shape index (κ3) is 3.15. The lowest BCUT2D eigenvalue weighted by molar-refractivity contribution is -0.147. The van der Waals surface area contributed by atoms with Gasteiger partial charge in [0.05, 0.1) is 13.7 Å². The van der Waals surface area contributed by atoms with Crippen LogP contribution in [0.1, 0.15) is 19.4 Å². The summed E-state index contributed by atoms with van der Waals surface area (Å²) in [6.45, 7) is 3.82. The molecule has 1 amide bonds. The zero-order valence-electron chi connectivity index (χ0n) is 12.2. The maximum absolute atomic E-state index is 13.2. The van der Waals surface area contributed by atoms with E-state index in [-0.39, 0.29) is 12.5 Å². The van der Waals surface area contributed by atoms with Crippen molar-refractivity contribution in [3.05, 3.63) is 35.6 Å². The van der Waals surface area contributed by atoms with Gasteiger partial charge in [0, 0.05) is 0 Å². The van der Waals surface area contributed by atoms with Gasteiger partial charge in [-0.15, -0.1) is 0 Å². The summed E-state index contributed by atoms with van der Waals surface area (Å²) in [6, 6.07) is 5.07. The molecule has 2 rings (SSSR count). The zero-order valence-corrected chi connectivity index (χ0v) is 12.2. The van der Waals surface area contributed by atoms with E-state index < -0.39 is 30.0 Å². The first kappa shape index (κ1) is 15.3. The number of cyclic esters (lactones) is 1. The molecular weight excluding hydrogens is 277 g/mol. The van der Waals surface area contributed by atoms with Crippen LogP contribution in [0, 0.1) is 11.7 Å². The Balaban J connectivity index is 2.26. The van der Waals surface area contributed by atoms with Crippen LogP contribution in [0.2, 0.25) is 0 Å². The fourth-order valence-corrected chi connectivity index (χ4v) is 2.42.